The molecule has 1 heterocycles. The van der Waals surface area contributed by atoms with Gasteiger partial charge in [-0.15, -0.1) is 0 Å². The van der Waals surface area contributed by atoms with Crippen molar-refractivity contribution in [1.82, 2.24) is 4.98 Å². The van der Waals surface area contributed by atoms with Crippen molar-refractivity contribution >= 4 is 38.2 Å². The third kappa shape index (κ3) is 3.52. The van der Waals surface area contributed by atoms with Crippen LogP contribution in [0.2, 0.25) is 0 Å². The lowest BCUT2D eigenvalue weighted by atomic mass is 10.1. The molecule has 0 amide bonds. The molecule has 0 bridgehead atoms. The highest BCUT2D eigenvalue weighted by atomic mass is 32.1. The zero-order valence-electron chi connectivity index (χ0n) is 12.5. The minimum absolute atomic E-state index is 0.316. The lowest BCUT2D eigenvalue weighted by molar-refractivity contribution is -0.118. The van der Waals surface area contributed by atoms with Crippen LogP contribution < -0.4 is 5.32 Å². The van der Waals surface area contributed by atoms with E-state index in [-0.39, 0.29) is 0 Å². The van der Waals surface area contributed by atoms with Crippen LogP contribution in [0.1, 0.15) is 25.3 Å². The van der Waals surface area contributed by atoms with Gasteiger partial charge < -0.3 is 5.32 Å². The summed E-state index contributed by atoms with van der Waals surface area (Å²) in [5.41, 5.74) is 3.23. The van der Waals surface area contributed by atoms with E-state index in [1.165, 1.54) is 10.3 Å². The standard InChI is InChI=1S/C18H18N2OS/c1-2-15(21)12-9-13-7-10-14(11-8-13)19-18-20-16-5-3-4-6-17(16)22-18/h3-8,10-11H,2,9,12H2,1H3,(H,19,20). The molecule has 0 saturated heterocycles. The Morgan fingerprint density at radius 3 is 2.64 bits per heavy atom. The molecule has 0 aliphatic carbocycles. The molecule has 0 saturated carbocycles. The molecule has 0 aliphatic heterocycles. The number of aryl methyl sites for hydroxylation is 1. The Kier molecular flexibility index (Phi) is 4.49. The third-order valence-corrected chi connectivity index (χ3v) is 4.54. The Morgan fingerprint density at radius 1 is 1.14 bits per heavy atom. The minimum atomic E-state index is 0.316. The highest BCUT2D eigenvalue weighted by Crippen LogP contribution is 2.28. The molecular weight excluding hydrogens is 292 g/mol. The minimum Gasteiger partial charge on any atom is -0.332 e. The fourth-order valence-corrected chi connectivity index (χ4v) is 3.15. The van der Waals surface area contributed by atoms with Crippen molar-refractivity contribution in [3.05, 3.63) is 54.1 Å². The van der Waals surface area contributed by atoms with E-state index in [2.05, 4.69) is 28.5 Å². The first-order valence-electron chi connectivity index (χ1n) is 7.48. The van der Waals surface area contributed by atoms with Gasteiger partial charge in [0, 0.05) is 18.5 Å². The van der Waals surface area contributed by atoms with Crippen LogP contribution >= 0.6 is 11.3 Å². The SMILES string of the molecule is CCC(=O)CCc1ccc(Nc2nc3ccccc3s2)cc1. The van der Waals surface area contributed by atoms with Gasteiger partial charge in [0.2, 0.25) is 0 Å². The Hall–Kier alpha value is -2.20. The van der Waals surface area contributed by atoms with Crippen LogP contribution in [0.15, 0.2) is 48.5 Å². The first-order chi connectivity index (χ1) is 10.7. The number of nitrogens with one attached hydrogen (secondary N) is 1. The maximum atomic E-state index is 11.4. The van der Waals surface area contributed by atoms with Crippen LogP contribution in [0.5, 0.6) is 0 Å². The van der Waals surface area contributed by atoms with Gasteiger partial charge in [0.1, 0.15) is 5.78 Å². The van der Waals surface area contributed by atoms with Gasteiger partial charge in [-0.1, -0.05) is 42.5 Å². The van der Waals surface area contributed by atoms with Gasteiger partial charge in [-0.25, -0.2) is 4.98 Å². The smallest absolute Gasteiger partial charge is 0.188 e. The first-order valence-corrected chi connectivity index (χ1v) is 8.29. The number of hydrogen-bond donors (Lipinski definition) is 1. The van der Waals surface area contributed by atoms with Crippen LogP contribution in [0.25, 0.3) is 10.2 Å². The molecule has 4 heteroatoms. The Morgan fingerprint density at radius 2 is 1.91 bits per heavy atom. The fraction of sp³-hybridized carbons (Fsp3) is 0.222. The van der Waals surface area contributed by atoms with Gasteiger partial charge >= 0.3 is 0 Å². The van der Waals surface area contributed by atoms with Gasteiger partial charge in [-0.3, -0.25) is 4.79 Å². The first kappa shape index (κ1) is 14.7. The predicted molar refractivity (Wildman–Crippen MR) is 93.0 cm³/mol. The summed E-state index contributed by atoms with van der Waals surface area (Å²) >= 11 is 1.65. The van der Waals surface area contributed by atoms with E-state index < -0.39 is 0 Å². The molecular formula is C18H18N2OS. The number of rotatable bonds is 6. The summed E-state index contributed by atoms with van der Waals surface area (Å²) in [6.45, 7) is 1.91. The lowest BCUT2D eigenvalue weighted by Crippen LogP contribution is -1.98. The van der Waals surface area contributed by atoms with E-state index in [0.717, 1.165) is 22.8 Å². The molecule has 1 N–H and O–H groups in total. The van der Waals surface area contributed by atoms with Gasteiger partial charge in [0.15, 0.2) is 5.13 Å². The molecule has 0 aliphatic rings. The number of para-hydroxylation sites is 1. The van der Waals surface area contributed by atoms with Gasteiger partial charge in [-0.2, -0.15) is 0 Å². The molecule has 3 nitrogen and oxygen atoms in total. The van der Waals surface area contributed by atoms with Crippen LogP contribution in [0, 0.1) is 0 Å². The highest BCUT2D eigenvalue weighted by Gasteiger charge is 2.04. The number of benzene rings is 2. The van der Waals surface area contributed by atoms with Crippen LogP contribution in [-0.4, -0.2) is 10.8 Å². The third-order valence-electron chi connectivity index (χ3n) is 3.59. The number of ketones is 1. The number of anilines is 2. The summed E-state index contributed by atoms with van der Waals surface area (Å²) in [5, 5.41) is 4.24. The largest absolute Gasteiger partial charge is 0.332 e. The monoisotopic (exact) mass is 310 g/mol. The summed E-state index contributed by atoms with van der Waals surface area (Å²) in [6, 6.07) is 16.3. The van der Waals surface area contributed by atoms with E-state index in [1.807, 2.05) is 37.3 Å². The normalized spacial score (nSPS) is 10.8. The van der Waals surface area contributed by atoms with E-state index in [9.17, 15) is 4.79 Å². The maximum absolute atomic E-state index is 11.4. The summed E-state index contributed by atoms with van der Waals surface area (Å²) in [6.07, 6.45) is 2.06. The van der Waals surface area contributed by atoms with Gasteiger partial charge in [0.05, 0.1) is 10.2 Å². The molecule has 3 rings (SSSR count). The van der Waals surface area contributed by atoms with Gasteiger partial charge in [0.25, 0.3) is 0 Å². The van der Waals surface area contributed by atoms with Crippen molar-refractivity contribution in [1.29, 1.82) is 0 Å². The molecule has 112 valence electrons. The van der Waals surface area contributed by atoms with E-state index >= 15 is 0 Å². The second kappa shape index (κ2) is 6.71. The predicted octanol–water partition coefficient (Wildman–Crippen LogP) is 4.95. The summed E-state index contributed by atoms with van der Waals surface area (Å²) in [4.78, 5) is 15.9. The Bertz CT molecular complexity index is 744. The number of thiazole rings is 1. The molecule has 1 aromatic heterocycles. The maximum Gasteiger partial charge on any atom is 0.188 e. The van der Waals surface area contributed by atoms with E-state index in [4.69, 9.17) is 0 Å². The zero-order chi connectivity index (χ0) is 15.4. The highest BCUT2D eigenvalue weighted by molar-refractivity contribution is 7.22. The van der Waals surface area contributed by atoms with Crippen molar-refractivity contribution in [3.63, 3.8) is 0 Å². The molecule has 3 aromatic rings. The molecule has 2 aromatic carbocycles. The van der Waals surface area contributed by atoms with Gasteiger partial charge in [-0.05, 0) is 36.2 Å². The quantitative estimate of drug-likeness (QED) is 0.700. The number of nitrogens with zero attached hydrogens (tertiary/aromatic N) is 1. The lowest BCUT2D eigenvalue weighted by Gasteiger charge is -2.04. The second-order valence-corrected chi connectivity index (χ2v) is 6.23. The summed E-state index contributed by atoms with van der Waals surface area (Å²) in [7, 11) is 0. The number of carbonyl (C=O) groups is 1. The number of aromatic nitrogens is 1. The topological polar surface area (TPSA) is 42.0 Å². The average Bonchev–Trinajstić information content (AvgIpc) is 2.96. The molecule has 0 unspecified atom stereocenters. The van der Waals surface area contributed by atoms with Crippen molar-refractivity contribution < 1.29 is 4.79 Å². The number of hydrogen-bond acceptors (Lipinski definition) is 4. The second-order valence-electron chi connectivity index (χ2n) is 5.20. The van der Waals surface area contributed by atoms with Crippen LogP contribution in [0.4, 0.5) is 10.8 Å². The van der Waals surface area contributed by atoms with Crippen LogP contribution in [-0.2, 0) is 11.2 Å². The summed E-state index contributed by atoms with van der Waals surface area (Å²) in [5.74, 6) is 0.316. The molecule has 0 spiro atoms. The van der Waals surface area contributed by atoms with Crippen molar-refractivity contribution in [2.45, 2.75) is 26.2 Å². The molecule has 0 atom stereocenters. The summed E-state index contributed by atoms with van der Waals surface area (Å²) < 4.78 is 1.18. The van der Waals surface area contributed by atoms with Crippen LogP contribution in [0.3, 0.4) is 0 Å². The Labute approximate surface area is 134 Å². The molecule has 0 radical (unpaired) electrons. The zero-order valence-corrected chi connectivity index (χ0v) is 13.3. The number of carbonyl (C=O) groups excluding carboxylic acids is 1. The Balaban J connectivity index is 1.66. The number of fused-ring (bicyclic) bond motifs is 1. The molecule has 22 heavy (non-hydrogen) atoms. The molecule has 0 fully saturated rings. The van der Waals surface area contributed by atoms with Crippen molar-refractivity contribution in [2.75, 3.05) is 5.32 Å². The van der Waals surface area contributed by atoms with E-state index in [1.54, 1.807) is 11.3 Å². The fourth-order valence-electron chi connectivity index (χ4n) is 2.26. The average molecular weight is 310 g/mol. The van der Waals surface area contributed by atoms with Crippen molar-refractivity contribution in [2.24, 2.45) is 0 Å². The number of Topliss-reactive ketones (excluding diaryl/α,β-unsaturated/α-hetero) is 1. The van der Waals surface area contributed by atoms with Crippen molar-refractivity contribution in [3.8, 4) is 0 Å². The van der Waals surface area contributed by atoms with E-state index in [0.29, 0.717) is 18.6 Å².